The smallest absolute Gasteiger partial charge is 0.239 e. The Bertz CT molecular complexity index is 249. The van der Waals surface area contributed by atoms with Crippen molar-refractivity contribution in [1.82, 2.24) is 10.2 Å². The molecule has 94 valence electrons. The fourth-order valence-corrected chi connectivity index (χ4v) is 2.73. The van der Waals surface area contributed by atoms with E-state index in [1.807, 2.05) is 0 Å². The van der Waals surface area contributed by atoms with E-state index in [1.165, 1.54) is 6.42 Å². The van der Waals surface area contributed by atoms with Gasteiger partial charge in [0.25, 0.3) is 0 Å². The molecular formula is C12H23ClN2O. The Kier molecular flexibility index (Phi) is 4.62. The third-order valence-electron chi connectivity index (χ3n) is 3.57. The van der Waals surface area contributed by atoms with Crippen LogP contribution in [0.15, 0.2) is 0 Å². The Morgan fingerprint density at radius 1 is 1.38 bits per heavy atom. The molecule has 2 aliphatic heterocycles. The molecule has 2 aliphatic rings. The lowest BCUT2D eigenvalue weighted by atomic mass is 9.84. The maximum absolute atomic E-state index is 12.2. The van der Waals surface area contributed by atoms with Gasteiger partial charge < -0.3 is 10.2 Å². The van der Waals surface area contributed by atoms with E-state index in [0.29, 0.717) is 11.3 Å². The van der Waals surface area contributed by atoms with Gasteiger partial charge in [-0.05, 0) is 37.6 Å². The van der Waals surface area contributed by atoms with E-state index < -0.39 is 0 Å². The number of hydrogen-bond donors (Lipinski definition) is 1. The normalized spacial score (nSPS) is 28.6. The molecular weight excluding hydrogens is 224 g/mol. The first-order chi connectivity index (χ1) is 7.08. The monoisotopic (exact) mass is 246 g/mol. The highest BCUT2D eigenvalue weighted by atomic mass is 35.5. The van der Waals surface area contributed by atoms with E-state index in [9.17, 15) is 4.79 Å². The number of nitrogens with zero attached hydrogens (tertiary/aromatic N) is 1. The minimum Gasteiger partial charge on any atom is -0.341 e. The first kappa shape index (κ1) is 13.8. The summed E-state index contributed by atoms with van der Waals surface area (Å²) in [6.45, 7) is 7.42. The van der Waals surface area contributed by atoms with Gasteiger partial charge in [0.2, 0.25) is 5.91 Å². The molecule has 0 unspecified atom stereocenters. The molecule has 0 aromatic carbocycles. The summed E-state index contributed by atoms with van der Waals surface area (Å²) in [4.78, 5) is 14.2. The van der Waals surface area contributed by atoms with Gasteiger partial charge in [0.1, 0.15) is 0 Å². The Balaban J connectivity index is 0.00000128. The molecule has 16 heavy (non-hydrogen) atoms. The summed E-state index contributed by atoms with van der Waals surface area (Å²) in [7, 11) is 0. The van der Waals surface area contributed by atoms with Crippen LogP contribution in [0.5, 0.6) is 0 Å². The first-order valence-corrected chi connectivity index (χ1v) is 6.11. The molecule has 0 bridgehead atoms. The number of hydrogen-bond acceptors (Lipinski definition) is 2. The van der Waals surface area contributed by atoms with Crippen LogP contribution >= 0.6 is 12.4 Å². The Hall–Kier alpha value is -0.280. The first-order valence-electron chi connectivity index (χ1n) is 6.11. The minimum absolute atomic E-state index is 0. The molecule has 1 amide bonds. The number of amides is 1. The summed E-state index contributed by atoms with van der Waals surface area (Å²) >= 11 is 0. The fraction of sp³-hybridized carbons (Fsp3) is 0.917. The summed E-state index contributed by atoms with van der Waals surface area (Å²) in [5.41, 5.74) is 0.312. The topological polar surface area (TPSA) is 32.3 Å². The average molecular weight is 247 g/mol. The van der Waals surface area contributed by atoms with Crippen molar-refractivity contribution in [1.29, 1.82) is 0 Å². The van der Waals surface area contributed by atoms with Crippen molar-refractivity contribution in [2.24, 2.45) is 5.41 Å². The van der Waals surface area contributed by atoms with Crippen molar-refractivity contribution in [2.45, 2.75) is 45.6 Å². The second-order valence-corrected chi connectivity index (χ2v) is 5.68. The van der Waals surface area contributed by atoms with E-state index in [0.717, 1.165) is 38.9 Å². The Morgan fingerprint density at radius 3 is 2.69 bits per heavy atom. The Labute approximate surface area is 104 Å². The zero-order valence-corrected chi connectivity index (χ0v) is 11.1. The van der Waals surface area contributed by atoms with E-state index in [2.05, 4.69) is 24.1 Å². The van der Waals surface area contributed by atoms with Crippen LogP contribution in [0.2, 0.25) is 0 Å². The van der Waals surface area contributed by atoms with Gasteiger partial charge in [-0.1, -0.05) is 13.8 Å². The van der Waals surface area contributed by atoms with Crippen molar-refractivity contribution in [2.75, 3.05) is 19.6 Å². The summed E-state index contributed by atoms with van der Waals surface area (Å²) < 4.78 is 0. The highest BCUT2D eigenvalue weighted by Crippen LogP contribution is 2.29. The molecule has 2 fully saturated rings. The van der Waals surface area contributed by atoms with Crippen LogP contribution in [0.1, 0.15) is 39.5 Å². The molecule has 0 spiro atoms. The van der Waals surface area contributed by atoms with Crippen LogP contribution in [0.25, 0.3) is 0 Å². The largest absolute Gasteiger partial charge is 0.341 e. The minimum atomic E-state index is 0. The van der Waals surface area contributed by atoms with E-state index in [-0.39, 0.29) is 18.4 Å². The van der Waals surface area contributed by atoms with Gasteiger partial charge in [0, 0.05) is 13.1 Å². The van der Waals surface area contributed by atoms with Gasteiger partial charge >= 0.3 is 0 Å². The van der Waals surface area contributed by atoms with Crippen molar-refractivity contribution < 1.29 is 4.79 Å². The van der Waals surface area contributed by atoms with Crippen LogP contribution in [0.3, 0.4) is 0 Å². The zero-order chi connectivity index (χ0) is 10.9. The molecule has 0 aromatic rings. The lowest BCUT2D eigenvalue weighted by Gasteiger charge is -2.39. The van der Waals surface area contributed by atoms with Crippen LogP contribution in [0.4, 0.5) is 0 Å². The zero-order valence-electron chi connectivity index (χ0n) is 10.3. The van der Waals surface area contributed by atoms with Gasteiger partial charge in [-0.15, -0.1) is 12.4 Å². The summed E-state index contributed by atoms with van der Waals surface area (Å²) in [6.07, 6.45) is 4.57. The summed E-state index contributed by atoms with van der Waals surface area (Å²) in [5, 5.41) is 3.29. The Morgan fingerprint density at radius 2 is 2.12 bits per heavy atom. The number of carbonyl (C=O) groups excluding carboxylic acids is 1. The van der Waals surface area contributed by atoms with Crippen LogP contribution in [0, 0.1) is 5.41 Å². The van der Waals surface area contributed by atoms with Gasteiger partial charge in [0.05, 0.1) is 6.04 Å². The van der Waals surface area contributed by atoms with E-state index >= 15 is 0 Å². The van der Waals surface area contributed by atoms with Crippen molar-refractivity contribution in [3.8, 4) is 0 Å². The lowest BCUT2D eigenvalue weighted by Crippen LogP contribution is -2.49. The maximum atomic E-state index is 12.2. The average Bonchev–Trinajstić information content (AvgIpc) is 2.67. The third-order valence-corrected chi connectivity index (χ3v) is 3.57. The highest BCUT2D eigenvalue weighted by molar-refractivity contribution is 5.85. The molecule has 0 aromatic heterocycles. The number of halogens is 1. The molecule has 2 heterocycles. The summed E-state index contributed by atoms with van der Waals surface area (Å²) in [6, 6.07) is 0.110. The molecule has 3 nitrogen and oxygen atoms in total. The molecule has 2 rings (SSSR count). The quantitative estimate of drug-likeness (QED) is 0.766. The molecule has 1 N–H and O–H groups in total. The highest BCUT2D eigenvalue weighted by Gasteiger charge is 2.33. The second-order valence-electron chi connectivity index (χ2n) is 5.68. The van der Waals surface area contributed by atoms with Gasteiger partial charge in [-0.25, -0.2) is 0 Å². The molecule has 2 saturated heterocycles. The van der Waals surface area contributed by atoms with E-state index in [1.54, 1.807) is 0 Å². The number of nitrogens with one attached hydrogen (secondary N) is 1. The third kappa shape index (κ3) is 3.11. The predicted octanol–water partition coefficient (Wildman–Crippen LogP) is 1.81. The molecule has 0 radical (unpaired) electrons. The summed E-state index contributed by atoms with van der Waals surface area (Å²) in [5.74, 6) is 0.334. The number of rotatable bonds is 1. The second kappa shape index (κ2) is 5.37. The van der Waals surface area contributed by atoms with Crippen molar-refractivity contribution >= 4 is 18.3 Å². The molecule has 0 saturated carbocycles. The fourth-order valence-electron chi connectivity index (χ4n) is 2.73. The van der Waals surface area contributed by atoms with Crippen LogP contribution in [-0.2, 0) is 4.79 Å². The number of carbonyl (C=O) groups is 1. The van der Waals surface area contributed by atoms with Gasteiger partial charge in [0.15, 0.2) is 0 Å². The van der Waals surface area contributed by atoms with Gasteiger partial charge in [-0.2, -0.15) is 0 Å². The molecule has 0 aliphatic carbocycles. The van der Waals surface area contributed by atoms with Gasteiger partial charge in [-0.3, -0.25) is 4.79 Å². The maximum Gasteiger partial charge on any atom is 0.239 e. The molecule has 4 heteroatoms. The SMILES string of the molecule is CC1(C)CCCN(C(=O)[C@@H]2CCCN2)C1.Cl. The van der Waals surface area contributed by atoms with Crippen LogP contribution in [-0.4, -0.2) is 36.5 Å². The number of piperidine rings is 1. The van der Waals surface area contributed by atoms with Crippen LogP contribution < -0.4 is 5.32 Å². The molecule has 1 atom stereocenters. The van der Waals surface area contributed by atoms with Crippen molar-refractivity contribution in [3.05, 3.63) is 0 Å². The number of likely N-dealkylation sites (tertiary alicyclic amines) is 1. The lowest BCUT2D eigenvalue weighted by molar-refractivity contribution is -0.136. The van der Waals surface area contributed by atoms with Crippen molar-refractivity contribution in [3.63, 3.8) is 0 Å². The standard InChI is InChI=1S/C12H22N2O.ClH/c1-12(2)6-4-8-14(9-12)11(15)10-5-3-7-13-10;/h10,13H,3-9H2,1-2H3;1H/t10-;/m0./s1. The predicted molar refractivity (Wildman–Crippen MR) is 67.9 cm³/mol. The van der Waals surface area contributed by atoms with E-state index in [4.69, 9.17) is 0 Å².